The largest absolute Gasteiger partial charge is 0.392 e. The maximum atomic E-state index is 12.3. The molecule has 0 aliphatic rings. The van der Waals surface area contributed by atoms with Crippen LogP contribution in [0.3, 0.4) is 0 Å². The molecule has 4 nitrogen and oxygen atoms in total. The van der Waals surface area contributed by atoms with Crippen molar-refractivity contribution < 1.29 is 9.90 Å². The first-order valence-electron chi connectivity index (χ1n) is 6.98. The molecule has 21 heavy (non-hydrogen) atoms. The lowest BCUT2D eigenvalue weighted by atomic mass is 10.0. The van der Waals surface area contributed by atoms with Gasteiger partial charge in [-0.3, -0.25) is 4.79 Å². The zero-order valence-corrected chi connectivity index (χ0v) is 11.8. The molecule has 0 saturated heterocycles. The molecule has 1 unspecified atom stereocenters. The number of carbonyl (C=O) groups excluding carboxylic acids is 1. The molecule has 2 aromatic carbocycles. The van der Waals surface area contributed by atoms with E-state index in [1.807, 2.05) is 30.3 Å². The minimum absolute atomic E-state index is 0.133. The van der Waals surface area contributed by atoms with Crippen molar-refractivity contribution in [3.05, 3.63) is 71.3 Å². The summed E-state index contributed by atoms with van der Waals surface area (Å²) in [5.41, 5.74) is 7.99. The van der Waals surface area contributed by atoms with Crippen molar-refractivity contribution in [1.82, 2.24) is 5.32 Å². The van der Waals surface area contributed by atoms with Gasteiger partial charge in [-0.15, -0.1) is 0 Å². The fourth-order valence-corrected chi connectivity index (χ4v) is 2.23. The highest BCUT2D eigenvalue weighted by molar-refractivity contribution is 5.95. The standard InChI is InChI=1S/C17H20N2O2/c18-11-15(10-13-6-2-1-3-7-13)19-17(21)16-9-5-4-8-14(16)12-20/h1-9,15,20H,10-12,18H2,(H,19,21). The Hall–Kier alpha value is -2.17. The molecule has 1 amide bonds. The number of hydrogen-bond acceptors (Lipinski definition) is 3. The lowest BCUT2D eigenvalue weighted by Gasteiger charge is -2.18. The first kappa shape index (κ1) is 15.2. The van der Waals surface area contributed by atoms with Gasteiger partial charge in [-0.1, -0.05) is 48.5 Å². The van der Waals surface area contributed by atoms with E-state index in [0.29, 0.717) is 24.1 Å². The summed E-state index contributed by atoms with van der Waals surface area (Å²) in [7, 11) is 0. The molecule has 0 aromatic heterocycles. The monoisotopic (exact) mass is 284 g/mol. The summed E-state index contributed by atoms with van der Waals surface area (Å²) < 4.78 is 0. The number of amides is 1. The lowest BCUT2D eigenvalue weighted by molar-refractivity contribution is 0.0935. The lowest BCUT2D eigenvalue weighted by Crippen LogP contribution is -2.42. The molecule has 2 aromatic rings. The third-order valence-electron chi connectivity index (χ3n) is 3.38. The van der Waals surface area contributed by atoms with Gasteiger partial charge in [0.2, 0.25) is 0 Å². The normalized spacial score (nSPS) is 11.9. The average Bonchev–Trinajstić information content (AvgIpc) is 2.55. The summed E-state index contributed by atoms with van der Waals surface area (Å²) in [6.07, 6.45) is 0.685. The van der Waals surface area contributed by atoms with Crippen molar-refractivity contribution in [1.29, 1.82) is 0 Å². The van der Waals surface area contributed by atoms with E-state index in [2.05, 4.69) is 5.32 Å². The molecule has 2 rings (SSSR count). The number of aliphatic hydroxyl groups excluding tert-OH is 1. The zero-order valence-electron chi connectivity index (χ0n) is 11.8. The van der Waals surface area contributed by atoms with Crippen molar-refractivity contribution in [2.75, 3.05) is 6.54 Å². The molecular formula is C17H20N2O2. The smallest absolute Gasteiger partial charge is 0.251 e. The van der Waals surface area contributed by atoms with Gasteiger partial charge in [0.05, 0.1) is 6.61 Å². The molecule has 0 saturated carbocycles. The van der Waals surface area contributed by atoms with Crippen molar-refractivity contribution in [3.8, 4) is 0 Å². The van der Waals surface area contributed by atoms with Crippen LogP contribution in [0.2, 0.25) is 0 Å². The highest BCUT2D eigenvalue weighted by Gasteiger charge is 2.15. The van der Waals surface area contributed by atoms with Gasteiger partial charge in [0.15, 0.2) is 0 Å². The van der Waals surface area contributed by atoms with Crippen LogP contribution >= 0.6 is 0 Å². The minimum Gasteiger partial charge on any atom is -0.392 e. The van der Waals surface area contributed by atoms with Crippen molar-refractivity contribution in [2.24, 2.45) is 5.73 Å². The van der Waals surface area contributed by atoms with E-state index >= 15 is 0 Å². The maximum Gasteiger partial charge on any atom is 0.251 e. The second-order valence-electron chi connectivity index (χ2n) is 4.91. The first-order valence-corrected chi connectivity index (χ1v) is 6.98. The molecule has 0 bridgehead atoms. The van der Waals surface area contributed by atoms with E-state index in [-0.39, 0.29) is 18.6 Å². The van der Waals surface area contributed by atoms with Crippen LogP contribution < -0.4 is 11.1 Å². The van der Waals surface area contributed by atoms with Crippen molar-refractivity contribution in [2.45, 2.75) is 19.1 Å². The summed E-state index contributed by atoms with van der Waals surface area (Å²) in [5, 5.41) is 12.2. The maximum absolute atomic E-state index is 12.3. The fourth-order valence-electron chi connectivity index (χ4n) is 2.23. The number of benzene rings is 2. The van der Waals surface area contributed by atoms with Gasteiger partial charge in [-0.2, -0.15) is 0 Å². The van der Waals surface area contributed by atoms with Crippen LogP contribution in [0.4, 0.5) is 0 Å². The summed E-state index contributed by atoms with van der Waals surface area (Å²) in [4.78, 5) is 12.3. The van der Waals surface area contributed by atoms with Gasteiger partial charge in [0.1, 0.15) is 0 Å². The molecule has 4 heteroatoms. The third-order valence-corrected chi connectivity index (χ3v) is 3.38. The zero-order chi connectivity index (χ0) is 15.1. The summed E-state index contributed by atoms with van der Waals surface area (Å²) in [5.74, 6) is -0.203. The molecule has 0 fully saturated rings. The van der Waals surface area contributed by atoms with Crippen LogP contribution in [-0.2, 0) is 13.0 Å². The van der Waals surface area contributed by atoms with Crippen LogP contribution in [0.15, 0.2) is 54.6 Å². The third kappa shape index (κ3) is 4.15. The predicted molar refractivity (Wildman–Crippen MR) is 82.8 cm³/mol. The van der Waals surface area contributed by atoms with Gasteiger partial charge < -0.3 is 16.2 Å². The van der Waals surface area contributed by atoms with Gasteiger partial charge in [0, 0.05) is 18.2 Å². The van der Waals surface area contributed by atoms with Gasteiger partial charge in [-0.05, 0) is 23.6 Å². The molecule has 0 heterocycles. The van der Waals surface area contributed by atoms with Crippen molar-refractivity contribution >= 4 is 5.91 Å². The Morgan fingerprint density at radius 1 is 1.10 bits per heavy atom. The highest BCUT2D eigenvalue weighted by Crippen LogP contribution is 2.09. The van der Waals surface area contributed by atoms with Crippen LogP contribution in [0.5, 0.6) is 0 Å². The Morgan fingerprint density at radius 2 is 1.76 bits per heavy atom. The number of nitrogens with one attached hydrogen (secondary N) is 1. The van der Waals surface area contributed by atoms with Gasteiger partial charge in [0.25, 0.3) is 5.91 Å². The van der Waals surface area contributed by atoms with E-state index in [1.54, 1.807) is 24.3 Å². The number of rotatable bonds is 6. The average molecular weight is 284 g/mol. The summed E-state index contributed by atoms with van der Waals surface area (Å²) in [6, 6.07) is 16.8. The number of aliphatic hydroxyl groups is 1. The molecule has 0 aliphatic heterocycles. The van der Waals surface area contributed by atoms with E-state index in [1.165, 1.54) is 0 Å². The van der Waals surface area contributed by atoms with E-state index < -0.39 is 0 Å². The van der Waals surface area contributed by atoms with Gasteiger partial charge >= 0.3 is 0 Å². The molecule has 0 spiro atoms. The Balaban J connectivity index is 2.06. The first-order chi connectivity index (χ1) is 10.2. The van der Waals surface area contributed by atoms with E-state index in [4.69, 9.17) is 5.73 Å². The Morgan fingerprint density at radius 3 is 2.43 bits per heavy atom. The van der Waals surface area contributed by atoms with E-state index in [0.717, 1.165) is 5.56 Å². The Kier molecular flexibility index (Phi) is 5.49. The van der Waals surface area contributed by atoms with Crippen LogP contribution in [0, 0.1) is 0 Å². The molecule has 4 N–H and O–H groups in total. The van der Waals surface area contributed by atoms with Gasteiger partial charge in [-0.25, -0.2) is 0 Å². The molecule has 0 radical (unpaired) electrons. The number of nitrogens with two attached hydrogens (primary N) is 1. The van der Waals surface area contributed by atoms with Crippen LogP contribution in [0.1, 0.15) is 21.5 Å². The second kappa shape index (κ2) is 7.57. The second-order valence-corrected chi connectivity index (χ2v) is 4.91. The summed E-state index contributed by atoms with van der Waals surface area (Å²) >= 11 is 0. The molecule has 110 valence electrons. The van der Waals surface area contributed by atoms with Crippen LogP contribution in [-0.4, -0.2) is 23.6 Å². The minimum atomic E-state index is -0.203. The Labute approximate surface area is 124 Å². The molecule has 0 aliphatic carbocycles. The fraction of sp³-hybridized carbons (Fsp3) is 0.235. The summed E-state index contributed by atoms with van der Waals surface area (Å²) in [6.45, 7) is 0.206. The highest BCUT2D eigenvalue weighted by atomic mass is 16.3. The number of hydrogen-bond donors (Lipinski definition) is 3. The Bertz CT molecular complexity index is 584. The predicted octanol–water partition coefficient (Wildman–Crippen LogP) is 1.48. The van der Waals surface area contributed by atoms with E-state index in [9.17, 15) is 9.90 Å². The van der Waals surface area contributed by atoms with Crippen LogP contribution in [0.25, 0.3) is 0 Å². The number of carbonyl (C=O) groups is 1. The quantitative estimate of drug-likeness (QED) is 0.752. The topological polar surface area (TPSA) is 75.3 Å². The molecular weight excluding hydrogens is 264 g/mol. The SMILES string of the molecule is NCC(Cc1ccccc1)NC(=O)c1ccccc1CO. The van der Waals surface area contributed by atoms with Crippen molar-refractivity contribution in [3.63, 3.8) is 0 Å². The molecule has 1 atom stereocenters.